The van der Waals surface area contributed by atoms with Crippen molar-refractivity contribution in [3.63, 3.8) is 0 Å². The summed E-state index contributed by atoms with van der Waals surface area (Å²) in [4.78, 5) is 13.8. The summed E-state index contributed by atoms with van der Waals surface area (Å²) in [5.41, 5.74) is 2.58. The molecule has 0 amide bonds. The van der Waals surface area contributed by atoms with Gasteiger partial charge in [0.1, 0.15) is 5.75 Å². The summed E-state index contributed by atoms with van der Waals surface area (Å²) in [6.45, 7) is 0.623. The molecule has 4 nitrogen and oxygen atoms in total. The van der Waals surface area contributed by atoms with Crippen LogP contribution in [0.1, 0.15) is 15.9 Å². The van der Waals surface area contributed by atoms with Crippen molar-refractivity contribution in [1.82, 2.24) is 0 Å². The highest BCUT2D eigenvalue weighted by atomic mass is 16.5. The maximum atomic E-state index is 11.8. The Bertz CT molecular complexity index is 608. The second-order valence-electron chi connectivity index (χ2n) is 4.70. The number of carbonyl (C=O) groups excluding carboxylic acids is 1. The normalized spacial score (nSPS) is 10.0. The summed E-state index contributed by atoms with van der Waals surface area (Å²) in [5, 5.41) is 0. The lowest BCUT2D eigenvalue weighted by Crippen LogP contribution is -2.18. The SMILES string of the molecule is COC(=O)c1ccccc1CN(C)c1ccc(OC)cc1. The Morgan fingerprint density at radius 3 is 2.33 bits per heavy atom. The molecular formula is C17H19NO3. The highest BCUT2D eigenvalue weighted by Crippen LogP contribution is 2.21. The predicted molar refractivity (Wildman–Crippen MR) is 82.9 cm³/mol. The molecule has 0 aliphatic carbocycles. The zero-order valence-electron chi connectivity index (χ0n) is 12.5. The summed E-state index contributed by atoms with van der Waals surface area (Å²) in [6, 6.07) is 15.3. The zero-order chi connectivity index (χ0) is 15.2. The molecule has 2 rings (SSSR count). The third-order valence-corrected chi connectivity index (χ3v) is 3.34. The highest BCUT2D eigenvalue weighted by molar-refractivity contribution is 5.91. The van der Waals surface area contributed by atoms with E-state index in [0.717, 1.165) is 17.0 Å². The molecule has 2 aromatic carbocycles. The molecule has 0 saturated carbocycles. The fourth-order valence-corrected chi connectivity index (χ4v) is 2.15. The van der Waals surface area contributed by atoms with Crippen LogP contribution in [0.25, 0.3) is 0 Å². The van der Waals surface area contributed by atoms with Gasteiger partial charge in [-0.1, -0.05) is 18.2 Å². The van der Waals surface area contributed by atoms with Gasteiger partial charge in [-0.3, -0.25) is 0 Å². The van der Waals surface area contributed by atoms with E-state index in [0.29, 0.717) is 12.1 Å². The molecule has 0 aliphatic rings. The third kappa shape index (κ3) is 3.54. The summed E-state index contributed by atoms with van der Waals surface area (Å²) in [7, 11) is 5.02. The Balaban J connectivity index is 2.19. The number of nitrogens with zero attached hydrogens (tertiary/aromatic N) is 1. The smallest absolute Gasteiger partial charge is 0.338 e. The predicted octanol–water partition coefficient (Wildman–Crippen LogP) is 3.12. The molecule has 4 heteroatoms. The lowest BCUT2D eigenvalue weighted by Gasteiger charge is -2.21. The molecule has 0 unspecified atom stereocenters. The van der Waals surface area contributed by atoms with Gasteiger partial charge in [0.25, 0.3) is 0 Å². The Hall–Kier alpha value is -2.49. The van der Waals surface area contributed by atoms with E-state index in [9.17, 15) is 4.79 Å². The molecule has 0 radical (unpaired) electrons. The lowest BCUT2D eigenvalue weighted by atomic mass is 10.1. The number of anilines is 1. The Kier molecular flexibility index (Phi) is 4.82. The Morgan fingerprint density at radius 1 is 1.05 bits per heavy atom. The highest BCUT2D eigenvalue weighted by Gasteiger charge is 2.12. The zero-order valence-corrected chi connectivity index (χ0v) is 12.5. The molecule has 0 bridgehead atoms. The van der Waals surface area contributed by atoms with Crippen molar-refractivity contribution in [2.24, 2.45) is 0 Å². The van der Waals surface area contributed by atoms with Gasteiger partial charge in [-0.05, 0) is 35.9 Å². The van der Waals surface area contributed by atoms with Gasteiger partial charge >= 0.3 is 5.97 Å². The minimum atomic E-state index is -0.311. The summed E-state index contributed by atoms with van der Waals surface area (Å²) >= 11 is 0. The molecule has 0 heterocycles. The second kappa shape index (κ2) is 6.79. The van der Waals surface area contributed by atoms with E-state index in [1.807, 2.05) is 49.5 Å². The Labute approximate surface area is 124 Å². The lowest BCUT2D eigenvalue weighted by molar-refractivity contribution is 0.0599. The van der Waals surface area contributed by atoms with Gasteiger partial charge in [-0.2, -0.15) is 0 Å². The molecule has 0 fully saturated rings. The molecule has 0 aliphatic heterocycles. The topological polar surface area (TPSA) is 38.8 Å². The van der Waals surface area contributed by atoms with Crippen LogP contribution in [-0.2, 0) is 11.3 Å². The molecule has 0 atom stereocenters. The number of carbonyl (C=O) groups is 1. The number of hydrogen-bond acceptors (Lipinski definition) is 4. The van der Waals surface area contributed by atoms with Crippen LogP contribution in [0.3, 0.4) is 0 Å². The molecule has 0 aromatic heterocycles. The maximum absolute atomic E-state index is 11.8. The first-order chi connectivity index (χ1) is 10.2. The van der Waals surface area contributed by atoms with Crippen LogP contribution in [0.4, 0.5) is 5.69 Å². The van der Waals surface area contributed by atoms with E-state index in [1.54, 1.807) is 13.2 Å². The van der Waals surface area contributed by atoms with E-state index < -0.39 is 0 Å². The quantitative estimate of drug-likeness (QED) is 0.791. The van der Waals surface area contributed by atoms with E-state index in [-0.39, 0.29) is 5.97 Å². The van der Waals surface area contributed by atoms with Crippen molar-refractivity contribution in [1.29, 1.82) is 0 Å². The van der Waals surface area contributed by atoms with Crippen molar-refractivity contribution in [2.75, 3.05) is 26.2 Å². The number of benzene rings is 2. The first-order valence-corrected chi connectivity index (χ1v) is 6.67. The minimum absolute atomic E-state index is 0.311. The molecule has 110 valence electrons. The van der Waals surface area contributed by atoms with Gasteiger partial charge in [-0.25, -0.2) is 4.79 Å². The van der Waals surface area contributed by atoms with E-state index in [1.165, 1.54) is 7.11 Å². The van der Waals surface area contributed by atoms with Gasteiger partial charge in [-0.15, -0.1) is 0 Å². The Morgan fingerprint density at radius 2 is 1.71 bits per heavy atom. The number of ether oxygens (including phenoxy) is 2. The van der Waals surface area contributed by atoms with Crippen LogP contribution >= 0.6 is 0 Å². The minimum Gasteiger partial charge on any atom is -0.497 e. The average Bonchev–Trinajstić information content (AvgIpc) is 2.54. The van der Waals surface area contributed by atoms with Crippen molar-refractivity contribution in [3.8, 4) is 5.75 Å². The van der Waals surface area contributed by atoms with Crippen LogP contribution in [0.2, 0.25) is 0 Å². The first-order valence-electron chi connectivity index (χ1n) is 6.67. The summed E-state index contributed by atoms with van der Waals surface area (Å²) in [6.07, 6.45) is 0. The first kappa shape index (κ1) is 14.9. The fraction of sp³-hybridized carbons (Fsp3) is 0.235. The number of hydrogen-bond donors (Lipinski definition) is 0. The van der Waals surface area contributed by atoms with Crippen molar-refractivity contribution in [2.45, 2.75) is 6.54 Å². The standard InChI is InChI=1S/C17H19NO3/c1-18(14-8-10-15(20-2)11-9-14)12-13-6-4-5-7-16(13)17(19)21-3/h4-11H,12H2,1-3H3. The van der Waals surface area contributed by atoms with Crippen LogP contribution in [-0.4, -0.2) is 27.2 Å². The summed E-state index contributed by atoms with van der Waals surface area (Å²) < 4.78 is 9.97. The van der Waals surface area contributed by atoms with Gasteiger partial charge < -0.3 is 14.4 Å². The van der Waals surface area contributed by atoms with Gasteiger partial charge in [0, 0.05) is 19.3 Å². The molecule has 0 saturated heterocycles. The maximum Gasteiger partial charge on any atom is 0.338 e. The van der Waals surface area contributed by atoms with Crippen molar-refractivity contribution >= 4 is 11.7 Å². The second-order valence-corrected chi connectivity index (χ2v) is 4.70. The van der Waals surface area contributed by atoms with Crippen LogP contribution in [0, 0.1) is 0 Å². The molecule has 2 aromatic rings. The molecule has 21 heavy (non-hydrogen) atoms. The number of rotatable bonds is 5. The van der Waals surface area contributed by atoms with E-state index >= 15 is 0 Å². The molecular weight excluding hydrogens is 266 g/mol. The average molecular weight is 285 g/mol. The largest absolute Gasteiger partial charge is 0.497 e. The van der Waals surface area contributed by atoms with Crippen molar-refractivity contribution < 1.29 is 14.3 Å². The van der Waals surface area contributed by atoms with Crippen molar-refractivity contribution in [3.05, 3.63) is 59.7 Å². The molecule has 0 spiro atoms. The van der Waals surface area contributed by atoms with Crippen LogP contribution < -0.4 is 9.64 Å². The van der Waals surface area contributed by atoms with Gasteiger partial charge in [0.15, 0.2) is 0 Å². The van der Waals surface area contributed by atoms with E-state index in [4.69, 9.17) is 9.47 Å². The third-order valence-electron chi connectivity index (χ3n) is 3.34. The number of esters is 1. The summed E-state index contributed by atoms with van der Waals surface area (Å²) in [5.74, 6) is 0.510. The van der Waals surface area contributed by atoms with Gasteiger partial charge in [0.05, 0.1) is 19.8 Å². The molecule has 0 N–H and O–H groups in total. The van der Waals surface area contributed by atoms with Crippen LogP contribution in [0.15, 0.2) is 48.5 Å². The monoisotopic (exact) mass is 285 g/mol. The van der Waals surface area contributed by atoms with Gasteiger partial charge in [0.2, 0.25) is 0 Å². The fourth-order valence-electron chi connectivity index (χ4n) is 2.15. The van der Waals surface area contributed by atoms with Crippen LogP contribution in [0.5, 0.6) is 5.75 Å². The van der Waals surface area contributed by atoms with E-state index in [2.05, 4.69) is 4.90 Å². The number of methoxy groups -OCH3 is 2.